The van der Waals surface area contributed by atoms with Gasteiger partial charge in [-0.25, -0.2) is 10.2 Å². The molecule has 0 spiro atoms. The second-order valence-corrected chi connectivity index (χ2v) is 6.26. The number of ether oxygens (including phenoxy) is 2. The summed E-state index contributed by atoms with van der Waals surface area (Å²) >= 11 is 4.71. The standard InChI is InChI=1S/C16H15BrN2O4S/c1-2-22-15(20)10-23-13-6-5-11(8-12(13)17)9-18-19-16(21)14-4-3-7-24-14/h3-9H,2,10H2,1H3,(H,19,21)/b18-9+. The maximum atomic E-state index is 11.7. The van der Waals surface area contributed by atoms with Gasteiger partial charge in [-0.05, 0) is 58.1 Å². The smallest absolute Gasteiger partial charge is 0.344 e. The molecule has 0 aliphatic carbocycles. The lowest BCUT2D eigenvalue weighted by Gasteiger charge is -2.08. The predicted molar refractivity (Wildman–Crippen MR) is 95.6 cm³/mol. The van der Waals surface area contributed by atoms with E-state index in [1.165, 1.54) is 17.6 Å². The summed E-state index contributed by atoms with van der Waals surface area (Å²) in [4.78, 5) is 23.6. The normalized spacial score (nSPS) is 10.6. The van der Waals surface area contributed by atoms with Crippen molar-refractivity contribution in [2.24, 2.45) is 5.10 Å². The number of nitrogens with zero attached hydrogens (tertiary/aromatic N) is 1. The maximum absolute atomic E-state index is 11.7. The van der Waals surface area contributed by atoms with Gasteiger partial charge in [0, 0.05) is 0 Å². The fourth-order valence-corrected chi connectivity index (χ4v) is 2.81. The van der Waals surface area contributed by atoms with Crippen LogP contribution in [0.5, 0.6) is 5.75 Å². The summed E-state index contributed by atoms with van der Waals surface area (Å²) in [6.45, 7) is 1.89. The lowest BCUT2D eigenvalue weighted by molar-refractivity contribution is -0.145. The highest BCUT2D eigenvalue weighted by Crippen LogP contribution is 2.25. The molecular formula is C16H15BrN2O4S. The highest BCUT2D eigenvalue weighted by atomic mass is 79.9. The summed E-state index contributed by atoms with van der Waals surface area (Å²) in [5, 5.41) is 5.74. The molecule has 1 heterocycles. The van der Waals surface area contributed by atoms with E-state index in [1.54, 1.807) is 37.3 Å². The van der Waals surface area contributed by atoms with Gasteiger partial charge in [-0.3, -0.25) is 4.79 Å². The van der Waals surface area contributed by atoms with E-state index in [4.69, 9.17) is 9.47 Å². The lowest BCUT2D eigenvalue weighted by Crippen LogP contribution is -2.16. The number of carbonyl (C=O) groups excluding carboxylic acids is 2. The molecule has 0 radical (unpaired) electrons. The van der Waals surface area contributed by atoms with Crippen LogP contribution >= 0.6 is 27.3 Å². The molecule has 0 aliphatic rings. The van der Waals surface area contributed by atoms with Crippen LogP contribution in [0.3, 0.4) is 0 Å². The van der Waals surface area contributed by atoms with Crippen LogP contribution in [0.4, 0.5) is 0 Å². The van der Waals surface area contributed by atoms with Crippen LogP contribution in [0.15, 0.2) is 45.3 Å². The summed E-state index contributed by atoms with van der Waals surface area (Å²) in [6.07, 6.45) is 1.52. The monoisotopic (exact) mass is 410 g/mol. The number of hydrazone groups is 1. The Hall–Kier alpha value is -2.19. The van der Waals surface area contributed by atoms with Gasteiger partial charge < -0.3 is 9.47 Å². The summed E-state index contributed by atoms with van der Waals surface area (Å²) in [6, 6.07) is 8.75. The van der Waals surface area contributed by atoms with Crippen LogP contribution < -0.4 is 10.2 Å². The minimum Gasteiger partial charge on any atom is -0.481 e. The molecule has 1 amide bonds. The molecule has 8 heteroatoms. The van der Waals surface area contributed by atoms with Crippen molar-refractivity contribution in [1.29, 1.82) is 0 Å². The van der Waals surface area contributed by atoms with Crippen molar-refractivity contribution in [2.75, 3.05) is 13.2 Å². The van der Waals surface area contributed by atoms with Crippen LogP contribution in [0, 0.1) is 0 Å². The summed E-state index contributed by atoms with van der Waals surface area (Å²) in [5.74, 6) is -0.163. The largest absolute Gasteiger partial charge is 0.481 e. The van der Waals surface area contributed by atoms with Crippen LogP contribution in [0.25, 0.3) is 0 Å². The van der Waals surface area contributed by atoms with Crippen molar-refractivity contribution in [2.45, 2.75) is 6.92 Å². The number of thiophene rings is 1. The highest BCUT2D eigenvalue weighted by molar-refractivity contribution is 9.10. The zero-order valence-corrected chi connectivity index (χ0v) is 15.2. The first-order valence-corrected chi connectivity index (χ1v) is 8.72. The third kappa shape index (κ3) is 5.47. The molecule has 1 aromatic heterocycles. The quantitative estimate of drug-likeness (QED) is 0.431. The van der Waals surface area contributed by atoms with Gasteiger partial charge in [-0.15, -0.1) is 11.3 Å². The Morgan fingerprint density at radius 2 is 2.21 bits per heavy atom. The molecule has 6 nitrogen and oxygen atoms in total. The molecule has 0 bridgehead atoms. The van der Waals surface area contributed by atoms with Crippen LogP contribution in [0.2, 0.25) is 0 Å². The van der Waals surface area contributed by atoms with E-state index in [1.807, 2.05) is 5.38 Å². The molecule has 2 aromatic rings. The van der Waals surface area contributed by atoms with Gasteiger partial charge in [0.15, 0.2) is 6.61 Å². The van der Waals surface area contributed by atoms with Gasteiger partial charge in [-0.2, -0.15) is 5.10 Å². The Morgan fingerprint density at radius 3 is 2.88 bits per heavy atom. The second-order valence-electron chi connectivity index (χ2n) is 4.46. The number of rotatable bonds is 7. The SMILES string of the molecule is CCOC(=O)COc1ccc(/C=N/NC(=O)c2cccs2)cc1Br. The third-order valence-corrected chi connectivity index (χ3v) is 4.22. The maximum Gasteiger partial charge on any atom is 0.344 e. The third-order valence-electron chi connectivity index (χ3n) is 2.73. The highest BCUT2D eigenvalue weighted by Gasteiger charge is 2.07. The topological polar surface area (TPSA) is 77.0 Å². The number of hydrogen-bond donors (Lipinski definition) is 1. The van der Waals surface area contributed by atoms with Crippen molar-refractivity contribution in [3.63, 3.8) is 0 Å². The van der Waals surface area contributed by atoms with Crippen LogP contribution in [-0.4, -0.2) is 31.3 Å². The number of halogens is 1. The van der Waals surface area contributed by atoms with Crippen molar-refractivity contribution in [3.05, 3.63) is 50.6 Å². The molecule has 0 fully saturated rings. The Morgan fingerprint density at radius 1 is 1.38 bits per heavy atom. The summed E-state index contributed by atoms with van der Waals surface area (Å²) in [5.41, 5.74) is 3.22. The number of amides is 1. The number of carbonyl (C=O) groups is 2. The Labute approximate surface area is 151 Å². The molecule has 2 rings (SSSR count). The minimum atomic E-state index is -0.425. The van der Waals surface area contributed by atoms with Gasteiger partial charge >= 0.3 is 5.97 Å². The fraction of sp³-hybridized carbons (Fsp3) is 0.188. The van der Waals surface area contributed by atoms with E-state index in [0.29, 0.717) is 21.7 Å². The Kier molecular flexibility index (Phi) is 6.95. The van der Waals surface area contributed by atoms with E-state index in [-0.39, 0.29) is 12.5 Å². The first kappa shape index (κ1) is 18.2. The molecule has 0 aliphatic heterocycles. The first-order valence-electron chi connectivity index (χ1n) is 7.05. The van der Waals surface area contributed by atoms with Gasteiger partial charge in [0.25, 0.3) is 5.91 Å². The Balaban J connectivity index is 1.90. The predicted octanol–water partition coefficient (Wildman–Crippen LogP) is 3.22. The molecule has 0 saturated carbocycles. The van der Waals surface area contributed by atoms with E-state index in [0.717, 1.165) is 5.56 Å². The van der Waals surface area contributed by atoms with Crippen LogP contribution in [-0.2, 0) is 9.53 Å². The van der Waals surface area contributed by atoms with Crippen molar-refractivity contribution in [1.82, 2.24) is 5.43 Å². The zero-order chi connectivity index (χ0) is 17.4. The zero-order valence-electron chi connectivity index (χ0n) is 12.8. The number of esters is 1. The molecule has 1 N–H and O–H groups in total. The average Bonchev–Trinajstić information content (AvgIpc) is 3.09. The van der Waals surface area contributed by atoms with Gasteiger partial charge in [-0.1, -0.05) is 6.07 Å². The Bertz CT molecular complexity index is 732. The van der Waals surface area contributed by atoms with Crippen LogP contribution in [0.1, 0.15) is 22.2 Å². The fourth-order valence-electron chi connectivity index (χ4n) is 1.68. The number of hydrogen-bond acceptors (Lipinski definition) is 6. The van der Waals surface area contributed by atoms with Gasteiger partial charge in [0.05, 0.1) is 22.2 Å². The van der Waals surface area contributed by atoms with Gasteiger partial charge in [0.2, 0.25) is 0 Å². The molecule has 0 atom stereocenters. The lowest BCUT2D eigenvalue weighted by atomic mass is 10.2. The minimum absolute atomic E-state index is 0.156. The van der Waals surface area contributed by atoms with E-state index >= 15 is 0 Å². The molecule has 126 valence electrons. The molecule has 1 aromatic carbocycles. The van der Waals surface area contributed by atoms with Crippen molar-refractivity contribution >= 4 is 45.4 Å². The molecular weight excluding hydrogens is 396 g/mol. The molecule has 24 heavy (non-hydrogen) atoms. The van der Waals surface area contributed by atoms with E-state index in [9.17, 15) is 9.59 Å². The number of benzene rings is 1. The van der Waals surface area contributed by atoms with Gasteiger partial charge in [0.1, 0.15) is 5.75 Å². The molecule has 0 saturated heterocycles. The summed E-state index contributed by atoms with van der Waals surface area (Å²) in [7, 11) is 0. The number of nitrogens with one attached hydrogen (secondary N) is 1. The van der Waals surface area contributed by atoms with E-state index < -0.39 is 5.97 Å². The van der Waals surface area contributed by atoms with Crippen molar-refractivity contribution in [3.8, 4) is 5.75 Å². The van der Waals surface area contributed by atoms with E-state index in [2.05, 4.69) is 26.5 Å². The second kappa shape index (κ2) is 9.19. The summed E-state index contributed by atoms with van der Waals surface area (Å²) < 4.78 is 10.8. The van der Waals surface area contributed by atoms with Crippen molar-refractivity contribution < 1.29 is 19.1 Å². The first-order chi connectivity index (χ1) is 11.6. The molecule has 0 unspecified atom stereocenters. The average molecular weight is 411 g/mol.